The van der Waals surface area contributed by atoms with E-state index in [0.717, 1.165) is 6.42 Å². The van der Waals surface area contributed by atoms with Crippen LogP contribution in [0.2, 0.25) is 0 Å². The van der Waals surface area contributed by atoms with Crippen LogP contribution >= 0.6 is 0 Å². The summed E-state index contributed by atoms with van der Waals surface area (Å²) in [6.07, 6.45) is 8.01. The van der Waals surface area contributed by atoms with E-state index in [2.05, 4.69) is 16.0 Å². The Morgan fingerprint density at radius 1 is 1.61 bits per heavy atom. The number of ether oxygens (including phenoxy) is 2. The fourth-order valence-corrected chi connectivity index (χ4v) is 1.85. The van der Waals surface area contributed by atoms with Gasteiger partial charge in [0.05, 0.1) is 7.11 Å². The zero-order valence-electron chi connectivity index (χ0n) is 10.6. The lowest BCUT2D eigenvalue weighted by Crippen LogP contribution is -2.45. The Hall–Kier alpha value is -1.54. The van der Waals surface area contributed by atoms with E-state index in [9.17, 15) is 9.59 Å². The van der Waals surface area contributed by atoms with Crippen LogP contribution in [0.3, 0.4) is 0 Å². The maximum atomic E-state index is 11.8. The SMILES string of the molecule is C#CCCC[C@H](NC(=O)[C@@H]1CCCO1)C(=O)OC. The quantitative estimate of drug-likeness (QED) is 0.428. The molecule has 1 amide bonds. The summed E-state index contributed by atoms with van der Waals surface area (Å²) in [6.45, 7) is 0.595. The lowest BCUT2D eigenvalue weighted by atomic mass is 10.1. The number of methoxy groups -OCH3 is 1. The standard InChI is InChI=1S/C13H19NO4/c1-3-4-5-7-10(13(16)17-2)14-12(15)11-8-6-9-18-11/h1,10-11H,4-9H2,2H3,(H,14,15)/t10-,11-/m0/s1. The topological polar surface area (TPSA) is 64.6 Å². The van der Waals surface area contributed by atoms with Crippen LogP contribution in [0.15, 0.2) is 0 Å². The Bertz CT molecular complexity index is 328. The van der Waals surface area contributed by atoms with Gasteiger partial charge in [-0.15, -0.1) is 12.3 Å². The van der Waals surface area contributed by atoms with Crippen LogP contribution in [-0.2, 0) is 19.1 Å². The van der Waals surface area contributed by atoms with Crippen molar-refractivity contribution in [1.82, 2.24) is 5.32 Å². The highest BCUT2D eigenvalue weighted by Crippen LogP contribution is 2.13. The van der Waals surface area contributed by atoms with Crippen LogP contribution in [0.5, 0.6) is 0 Å². The zero-order chi connectivity index (χ0) is 13.4. The molecule has 1 rings (SSSR count). The predicted molar refractivity (Wildman–Crippen MR) is 65.6 cm³/mol. The van der Waals surface area contributed by atoms with Gasteiger partial charge in [0, 0.05) is 13.0 Å². The number of unbranched alkanes of at least 4 members (excludes halogenated alkanes) is 1. The molecule has 100 valence electrons. The molecule has 2 atom stereocenters. The van der Waals surface area contributed by atoms with Crippen molar-refractivity contribution in [2.24, 2.45) is 0 Å². The van der Waals surface area contributed by atoms with Crippen LogP contribution in [0.25, 0.3) is 0 Å². The second-order valence-electron chi connectivity index (χ2n) is 4.18. The van der Waals surface area contributed by atoms with E-state index in [1.54, 1.807) is 0 Å². The minimum absolute atomic E-state index is 0.247. The highest BCUT2D eigenvalue weighted by molar-refractivity contribution is 5.87. The molecule has 0 bridgehead atoms. The third-order valence-electron chi connectivity index (χ3n) is 2.84. The van der Waals surface area contributed by atoms with Gasteiger partial charge in [-0.2, -0.15) is 0 Å². The molecule has 1 fully saturated rings. The highest BCUT2D eigenvalue weighted by Gasteiger charge is 2.28. The van der Waals surface area contributed by atoms with Gasteiger partial charge in [-0.1, -0.05) is 0 Å². The minimum atomic E-state index is -0.639. The van der Waals surface area contributed by atoms with Crippen molar-refractivity contribution in [1.29, 1.82) is 0 Å². The zero-order valence-corrected chi connectivity index (χ0v) is 10.6. The molecule has 0 unspecified atom stereocenters. The molecule has 5 nitrogen and oxygen atoms in total. The maximum Gasteiger partial charge on any atom is 0.328 e. The van der Waals surface area contributed by atoms with Gasteiger partial charge in [0.15, 0.2) is 0 Å². The Labute approximate surface area is 107 Å². The largest absolute Gasteiger partial charge is 0.467 e. The van der Waals surface area contributed by atoms with Gasteiger partial charge < -0.3 is 14.8 Å². The summed E-state index contributed by atoms with van der Waals surface area (Å²) in [4.78, 5) is 23.4. The molecular weight excluding hydrogens is 234 g/mol. The molecule has 1 aliphatic rings. The molecule has 0 saturated carbocycles. The molecule has 5 heteroatoms. The summed E-state index contributed by atoms with van der Waals surface area (Å²) in [5.74, 6) is 1.81. The third kappa shape index (κ3) is 4.38. The molecule has 18 heavy (non-hydrogen) atoms. The average Bonchev–Trinajstić information content (AvgIpc) is 2.90. The van der Waals surface area contributed by atoms with E-state index >= 15 is 0 Å². The van der Waals surface area contributed by atoms with E-state index in [0.29, 0.717) is 32.3 Å². The van der Waals surface area contributed by atoms with Gasteiger partial charge in [0.1, 0.15) is 12.1 Å². The minimum Gasteiger partial charge on any atom is -0.467 e. The first-order valence-corrected chi connectivity index (χ1v) is 6.12. The predicted octanol–water partition coefficient (Wildman–Crippen LogP) is 0.627. The summed E-state index contributed by atoms with van der Waals surface area (Å²) in [6, 6.07) is -0.639. The highest BCUT2D eigenvalue weighted by atomic mass is 16.5. The second kappa shape index (κ2) is 7.72. The smallest absolute Gasteiger partial charge is 0.328 e. The van der Waals surface area contributed by atoms with Crippen LogP contribution in [-0.4, -0.2) is 37.7 Å². The maximum absolute atomic E-state index is 11.8. The van der Waals surface area contributed by atoms with Gasteiger partial charge in [0.25, 0.3) is 0 Å². The molecular formula is C13H19NO4. The fourth-order valence-electron chi connectivity index (χ4n) is 1.85. The Balaban J connectivity index is 2.46. The number of carbonyl (C=O) groups excluding carboxylic acids is 2. The van der Waals surface area contributed by atoms with E-state index in [1.807, 2.05) is 0 Å². The summed E-state index contributed by atoms with van der Waals surface area (Å²) in [5.41, 5.74) is 0. The third-order valence-corrected chi connectivity index (χ3v) is 2.84. The van der Waals surface area contributed by atoms with E-state index in [-0.39, 0.29) is 5.91 Å². The van der Waals surface area contributed by atoms with Crippen molar-refractivity contribution in [2.45, 2.75) is 44.2 Å². The monoisotopic (exact) mass is 253 g/mol. The molecule has 1 heterocycles. The van der Waals surface area contributed by atoms with Gasteiger partial charge in [-0.25, -0.2) is 4.79 Å². The Morgan fingerprint density at radius 2 is 2.39 bits per heavy atom. The van der Waals surface area contributed by atoms with Crippen molar-refractivity contribution >= 4 is 11.9 Å². The molecule has 1 N–H and O–H groups in total. The summed E-state index contributed by atoms with van der Waals surface area (Å²) in [7, 11) is 1.30. The number of esters is 1. The molecule has 1 aliphatic heterocycles. The summed E-state index contributed by atoms with van der Waals surface area (Å²) < 4.78 is 9.92. The van der Waals surface area contributed by atoms with Crippen molar-refractivity contribution in [3.63, 3.8) is 0 Å². The molecule has 1 saturated heterocycles. The first kappa shape index (κ1) is 14.5. The molecule has 0 aromatic carbocycles. The van der Waals surface area contributed by atoms with E-state index in [1.165, 1.54) is 7.11 Å². The number of hydrogen-bond donors (Lipinski definition) is 1. The fraction of sp³-hybridized carbons (Fsp3) is 0.692. The number of hydrogen-bond acceptors (Lipinski definition) is 4. The molecule has 0 spiro atoms. The first-order valence-electron chi connectivity index (χ1n) is 6.12. The Morgan fingerprint density at radius 3 is 2.94 bits per heavy atom. The van der Waals surface area contributed by atoms with Crippen LogP contribution in [0.1, 0.15) is 32.1 Å². The number of amides is 1. The van der Waals surface area contributed by atoms with Gasteiger partial charge in [-0.05, 0) is 25.7 Å². The van der Waals surface area contributed by atoms with E-state index in [4.69, 9.17) is 11.2 Å². The number of terminal acetylenes is 1. The molecule has 0 aliphatic carbocycles. The molecule has 0 aromatic heterocycles. The van der Waals surface area contributed by atoms with Crippen LogP contribution in [0.4, 0.5) is 0 Å². The normalized spacial score (nSPS) is 19.9. The molecule has 0 aromatic rings. The summed E-state index contributed by atoms with van der Waals surface area (Å²) >= 11 is 0. The summed E-state index contributed by atoms with van der Waals surface area (Å²) in [5, 5.41) is 2.66. The lowest BCUT2D eigenvalue weighted by molar-refractivity contribution is -0.146. The van der Waals surface area contributed by atoms with E-state index < -0.39 is 18.1 Å². The van der Waals surface area contributed by atoms with Gasteiger partial charge >= 0.3 is 5.97 Å². The lowest BCUT2D eigenvalue weighted by Gasteiger charge is -2.18. The second-order valence-corrected chi connectivity index (χ2v) is 4.18. The average molecular weight is 253 g/mol. The number of nitrogens with one attached hydrogen (secondary N) is 1. The first-order chi connectivity index (χ1) is 8.69. The van der Waals surface area contributed by atoms with Crippen molar-refractivity contribution in [3.8, 4) is 12.3 Å². The van der Waals surface area contributed by atoms with Gasteiger partial charge in [-0.3, -0.25) is 4.79 Å². The number of rotatable bonds is 6. The van der Waals surface area contributed by atoms with Crippen molar-refractivity contribution in [3.05, 3.63) is 0 Å². The van der Waals surface area contributed by atoms with Gasteiger partial charge in [0.2, 0.25) is 5.91 Å². The van der Waals surface area contributed by atoms with Crippen LogP contribution < -0.4 is 5.32 Å². The van der Waals surface area contributed by atoms with Crippen molar-refractivity contribution < 1.29 is 19.1 Å². The molecule has 0 radical (unpaired) electrons. The van der Waals surface area contributed by atoms with Crippen molar-refractivity contribution in [2.75, 3.05) is 13.7 Å². The van der Waals surface area contributed by atoms with Crippen LogP contribution in [0, 0.1) is 12.3 Å². The Kier molecular flexibility index (Phi) is 6.23. The number of carbonyl (C=O) groups is 2.